The average Bonchev–Trinajstić information content (AvgIpc) is 2.67. The Hall–Kier alpha value is -3.22. The van der Waals surface area contributed by atoms with Gasteiger partial charge in [-0.2, -0.15) is 5.10 Å². The van der Waals surface area contributed by atoms with Crippen molar-refractivity contribution in [1.82, 2.24) is 5.43 Å². The van der Waals surface area contributed by atoms with E-state index in [2.05, 4.69) is 24.4 Å². The molecule has 1 atom stereocenters. The molecule has 0 aliphatic heterocycles. The molecule has 1 N–H and O–H groups in total. The molecule has 0 aliphatic rings. The number of amides is 1. The molecule has 7 heteroatoms. The lowest BCUT2D eigenvalue weighted by Gasteiger charge is -2.11. The summed E-state index contributed by atoms with van der Waals surface area (Å²) in [6.45, 7) is 4.20. The third-order valence-electron chi connectivity index (χ3n) is 4.05. The lowest BCUT2D eigenvalue weighted by atomic mass is 9.97. The molecule has 0 bridgehead atoms. The lowest BCUT2D eigenvalue weighted by molar-refractivity contribution is -0.384. The highest BCUT2D eigenvalue weighted by atomic mass is 16.6. The number of hydrogen-bond donors (Lipinski definition) is 1. The minimum atomic E-state index is -0.475. The van der Waals surface area contributed by atoms with Crippen molar-refractivity contribution in [2.24, 2.45) is 5.10 Å². The molecule has 142 valence electrons. The topological polar surface area (TPSA) is 93.8 Å². The summed E-state index contributed by atoms with van der Waals surface area (Å²) in [5.41, 5.74) is 4.25. The van der Waals surface area contributed by atoms with E-state index in [4.69, 9.17) is 4.74 Å². The molecule has 0 aliphatic carbocycles. The van der Waals surface area contributed by atoms with E-state index < -0.39 is 10.8 Å². The number of nitrogens with zero attached hydrogens (tertiary/aromatic N) is 2. The molecule has 7 nitrogen and oxygen atoms in total. The molecular formula is C20H23N3O4. The second-order valence-corrected chi connectivity index (χ2v) is 6.19. The summed E-state index contributed by atoms with van der Waals surface area (Å²) in [4.78, 5) is 21.9. The van der Waals surface area contributed by atoms with Crippen LogP contribution < -0.4 is 10.2 Å². The van der Waals surface area contributed by atoms with Crippen molar-refractivity contribution in [1.29, 1.82) is 0 Å². The second kappa shape index (κ2) is 10.1. The smallest absolute Gasteiger partial charge is 0.277 e. The summed E-state index contributed by atoms with van der Waals surface area (Å²) in [6, 6.07) is 13.6. The number of ether oxygens (including phenoxy) is 1. The van der Waals surface area contributed by atoms with E-state index in [1.165, 1.54) is 23.9 Å². The number of non-ortho nitro benzene ring substituents is 1. The van der Waals surface area contributed by atoms with Crippen LogP contribution in [0.4, 0.5) is 5.69 Å². The maximum atomic E-state index is 11.8. The van der Waals surface area contributed by atoms with Crippen LogP contribution in [0.15, 0.2) is 53.6 Å². The van der Waals surface area contributed by atoms with Crippen molar-refractivity contribution in [2.75, 3.05) is 6.61 Å². The largest absolute Gasteiger partial charge is 0.484 e. The first-order valence-corrected chi connectivity index (χ1v) is 8.78. The van der Waals surface area contributed by atoms with Gasteiger partial charge >= 0.3 is 0 Å². The first kappa shape index (κ1) is 20.1. The Morgan fingerprint density at radius 1 is 1.22 bits per heavy atom. The molecule has 2 aromatic rings. The molecule has 2 aromatic carbocycles. The van der Waals surface area contributed by atoms with E-state index in [-0.39, 0.29) is 12.3 Å². The van der Waals surface area contributed by atoms with Crippen LogP contribution >= 0.6 is 0 Å². The van der Waals surface area contributed by atoms with E-state index in [1.807, 2.05) is 24.3 Å². The Morgan fingerprint density at radius 3 is 2.48 bits per heavy atom. The van der Waals surface area contributed by atoms with Crippen LogP contribution in [0.3, 0.4) is 0 Å². The summed E-state index contributed by atoms with van der Waals surface area (Å²) in [5.74, 6) is 0.731. The van der Waals surface area contributed by atoms with Crippen LogP contribution in [-0.4, -0.2) is 23.7 Å². The van der Waals surface area contributed by atoms with Gasteiger partial charge in [-0.05, 0) is 47.7 Å². The van der Waals surface area contributed by atoms with Gasteiger partial charge in [0.1, 0.15) is 5.75 Å². The maximum Gasteiger partial charge on any atom is 0.277 e. The van der Waals surface area contributed by atoms with Crippen LogP contribution in [0, 0.1) is 10.1 Å². The molecule has 27 heavy (non-hydrogen) atoms. The molecule has 0 aromatic heterocycles. The van der Waals surface area contributed by atoms with Crippen LogP contribution in [0.2, 0.25) is 0 Å². The molecule has 1 amide bonds. The third kappa shape index (κ3) is 6.54. The zero-order chi connectivity index (χ0) is 19.6. The molecule has 0 fully saturated rings. The van der Waals surface area contributed by atoms with Gasteiger partial charge in [0.25, 0.3) is 11.6 Å². The third-order valence-corrected chi connectivity index (χ3v) is 4.05. The van der Waals surface area contributed by atoms with Crippen LogP contribution in [0.25, 0.3) is 0 Å². The Kier molecular flexibility index (Phi) is 7.49. The van der Waals surface area contributed by atoms with Gasteiger partial charge < -0.3 is 4.74 Å². The highest BCUT2D eigenvalue weighted by Crippen LogP contribution is 2.22. The van der Waals surface area contributed by atoms with Crippen molar-refractivity contribution >= 4 is 17.8 Å². The number of nitrogens with one attached hydrogen (secondary N) is 1. The first-order valence-electron chi connectivity index (χ1n) is 8.78. The van der Waals surface area contributed by atoms with Crippen LogP contribution in [-0.2, 0) is 4.79 Å². The van der Waals surface area contributed by atoms with Gasteiger partial charge in [0.05, 0.1) is 11.1 Å². The minimum Gasteiger partial charge on any atom is -0.484 e. The first-order chi connectivity index (χ1) is 13.0. The van der Waals surface area contributed by atoms with Gasteiger partial charge in [0.2, 0.25) is 0 Å². The fraction of sp³-hybridized carbons (Fsp3) is 0.300. The van der Waals surface area contributed by atoms with Crippen molar-refractivity contribution < 1.29 is 14.5 Å². The van der Waals surface area contributed by atoms with Gasteiger partial charge in [0.15, 0.2) is 6.61 Å². The molecule has 0 saturated carbocycles. The molecule has 0 saturated heterocycles. The van der Waals surface area contributed by atoms with Gasteiger partial charge in [-0.25, -0.2) is 5.43 Å². The predicted octanol–water partition coefficient (Wildman–Crippen LogP) is 4.03. The number of rotatable bonds is 9. The molecule has 0 radical (unpaired) electrons. The molecule has 0 spiro atoms. The van der Waals surface area contributed by atoms with E-state index in [0.717, 1.165) is 12.8 Å². The standard InChI is InChI=1S/C20H23N3O4/c1-3-4-15(2)17-7-11-19(12-8-17)27-14-20(24)22-21-13-16-5-9-18(10-6-16)23(25)26/h5-13,15H,3-4,14H2,1-2H3,(H,22,24)/b21-13-/t15-/m0/s1. The Morgan fingerprint density at radius 2 is 1.89 bits per heavy atom. The fourth-order valence-electron chi connectivity index (χ4n) is 2.53. The monoisotopic (exact) mass is 369 g/mol. The Balaban J connectivity index is 1.78. The van der Waals surface area contributed by atoms with E-state index >= 15 is 0 Å². The van der Waals surface area contributed by atoms with Crippen molar-refractivity contribution in [3.8, 4) is 5.75 Å². The van der Waals surface area contributed by atoms with Crippen molar-refractivity contribution in [3.63, 3.8) is 0 Å². The number of hydrazone groups is 1. The Bertz CT molecular complexity index is 786. The highest BCUT2D eigenvalue weighted by molar-refractivity contribution is 5.83. The van der Waals surface area contributed by atoms with Crippen LogP contribution in [0.5, 0.6) is 5.75 Å². The molecule has 2 rings (SSSR count). The van der Waals surface area contributed by atoms with E-state index in [1.54, 1.807) is 12.1 Å². The number of nitro groups is 1. The minimum absolute atomic E-state index is 0.000285. The summed E-state index contributed by atoms with van der Waals surface area (Å²) in [5, 5.41) is 14.4. The number of benzene rings is 2. The summed E-state index contributed by atoms with van der Waals surface area (Å²) in [6.07, 6.45) is 3.68. The van der Waals surface area contributed by atoms with Gasteiger partial charge in [-0.1, -0.05) is 32.4 Å². The van der Waals surface area contributed by atoms with Crippen LogP contribution in [0.1, 0.15) is 43.7 Å². The number of carbonyl (C=O) groups excluding carboxylic acids is 1. The van der Waals surface area contributed by atoms with Gasteiger partial charge in [-0.3, -0.25) is 14.9 Å². The zero-order valence-electron chi connectivity index (χ0n) is 15.4. The summed E-state index contributed by atoms with van der Waals surface area (Å²) >= 11 is 0. The Labute approximate surface area is 158 Å². The molecule has 0 unspecified atom stereocenters. The zero-order valence-corrected chi connectivity index (χ0v) is 15.4. The second-order valence-electron chi connectivity index (χ2n) is 6.19. The summed E-state index contributed by atoms with van der Waals surface area (Å²) in [7, 11) is 0. The lowest BCUT2D eigenvalue weighted by Crippen LogP contribution is -2.24. The van der Waals surface area contributed by atoms with E-state index in [9.17, 15) is 14.9 Å². The average molecular weight is 369 g/mol. The SMILES string of the molecule is CCC[C@H](C)c1ccc(OCC(=O)N/N=C\c2ccc([N+](=O)[O-])cc2)cc1. The highest BCUT2D eigenvalue weighted by Gasteiger charge is 2.06. The van der Waals surface area contributed by atoms with E-state index in [0.29, 0.717) is 17.2 Å². The normalized spacial score (nSPS) is 11.9. The van der Waals surface area contributed by atoms with Gasteiger partial charge in [-0.15, -0.1) is 0 Å². The summed E-state index contributed by atoms with van der Waals surface area (Å²) < 4.78 is 5.45. The number of nitro benzene ring substituents is 1. The fourth-order valence-corrected chi connectivity index (χ4v) is 2.53. The van der Waals surface area contributed by atoms with Gasteiger partial charge in [0, 0.05) is 12.1 Å². The number of carbonyl (C=O) groups is 1. The maximum absolute atomic E-state index is 11.8. The van der Waals surface area contributed by atoms with Crippen molar-refractivity contribution in [2.45, 2.75) is 32.6 Å². The quantitative estimate of drug-likeness (QED) is 0.410. The van der Waals surface area contributed by atoms with Crippen molar-refractivity contribution in [3.05, 3.63) is 69.8 Å². The molecular weight excluding hydrogens is 346 g/mol. The predicted molar refractivity (Wildman–Crippen MR) is 104 cm³/mol. The molecule has 0 heterocycles. The number of hydrogen-bond acceptors (Lipinski definition) is 5.